The van der Waals surface area contributed by atoms with Crippen LogP contribution in [-0.2, 0) is 0 Å². The highest BCUT2D eigenvalue weighted by atomic mass is 15.1. The molecule has 2 heteroatoms. The van der Waals surface area contributed by atoms with Crippen LogP contribution in [-0.4, -0.2) is 4.57 Å². The topological polar surface area (TPSA) is 8.17 Å². The fourth-order valence-electron chi connectivity index (χ4n) is 8.13. The van der Waals surface area contributed by atoms with Gasteiger partial charge in [0.25, 0.3) is 0 Å². The van der Waals surface area contributed by atoms with Gasteiger partial charge < -0.3 is 9.47 Å². The van der Waals surface area contributed by atoms with Gasteiger partial charge in [0.15, 0.2) is 0 Å². The average Bonchev–Trinajstić information content (AvgIpc) is 3.58. The van der Waals surface area contributed by atoms with Crippen molar-refractivity contribution in [2.75, 3.05) is 4.90 Å². The van der Waals surface area contributed by atoms with E-state index in [1.54, 1.807) is 0 Å². The van der Waals surface area contributed by atoms with Gasteiger partial charge >= 0.3 is 0 Å². The highest BCUT2D eigenvalue weighted by molar-refractivity contribution is 6.11. The van der Waals surface area contributed by atoms with Crippen molar-refractivity contribution in [1.29, 1.82) is 0 Å². The lowest BCUT2D eigenvalue weighted by Crippen LogP contribution is -2.12. The Morgan fingerprint density at radius 1 is 0.333 bits per heavy atom. The molecule has 0 spiro atoms. The number of hydrogen-bond donors (Lipinski definition) is 0. The third kappa shape index (κ3) is 5.44. The zero-order valence-electron chi connectivity index (χ0n) is 29.7. The molecule has 2 nitrogen and oxygen atoms in total. The van der Waals surface area contributed by atoms with Crippen LogP contribution in [0.15, 0.2) is 218 Å². The van der Waals surface area contributed by atoms with Gasteiger partial charge in [0.2, 0.25) is 0 Å². The number of hydrogen-bond acceptors (Lipinski definition) is 1. The third-order valence-corrected chi connectivity index (χ3v) is 10.6. The molecule has 0 fully saturated rings. The maximum absolute atomic E-state index is 2.46. The van der Waals surface area contributed by atoms with Crippen LogP contribution in [0.25, 0.3) is 71.6 Å². The molecule has 0 aliphatic carbocycles. The third-order valence-electron chi connectivity index (χ3n) is 10.6. The summed E-state index contributed by atoms with van der Waals surface area (Å²) in [6, 6.07) is 79.0. The lowest BCUT2D eigenvalue weighted by Gasteiger charge is -2.30. The molecule has 0 N–H and O–H groups in total. The van der Waals surface area contributed by atoms with Crippen molar-refractivity contribution in [3.8, 4) is 39.1 Å². The first kappa shape index (κ1) is 31.6. The molecule has 0 amide bonds. The van der Waals surface area contributed by atoms with Gasteiger partial charge in [-0.25, -0.2) is 0 Å². The van der Waals surface area contributed by atoms with Gasteiger partial charge in [-0.15, -0.1) is 0 Å². The van der Waals surface area contributed by atoms with Crippen molar-refractivity contribution in [2.24, 2.45) is 0 Å². The van der Waals surface area contributed by atoms with Crippen molar-refractivity contribution in [1.82, 2.24) is 4.57 Å². The van der Waals surface area contributed by atoms with Gasteiger partial charge in [0, 0.05) is 33.4 Å². The van der Waals surface area contributed by atoms with E-state index in [2.05, 4.69) is 228 Å². The van der Waals surface area contributed by atoms with Gasteiger partial charge in [0.05, 0.1) is 16.7 Å². The van der Waals surface area contributed by atoms with Crippen LogP contribution >= 0.6 is 0 Å². The number of benzene rings is 9. The van der Waals surface area contributed by atoms with Crippen LogP contribution in [0.1, 0.15) is 0 Å². The first-order valence-electron chi connectivity index (χ1n) is 18.5. The van der Waals surface area contributed by atoms with E-state index >= 15 is 0 Å². The van der Waals surface area contributed by atoms with E-state index in [0.29, 0.717) is 0 Å². The Balaban J connectivity index is 1.30. The Morgan fingerprint density at radius 3 is 1.59 bits per heavy atom. The predicted octanol–water partition coefficient (Wildman–Crippen LogP) is 14.4. The Hall–Kier alpha value is -7.16. The number of nitrogens with zero attached hydrogens (tertiary/aromatic N) is 2. The number of aromatic nitrogens is 1. The lowest BCUT2D eigenvalue weighted by molar-refractivity contribution is 1.18. The summed E-state index contributed by atoms with van der Waals surface area (Å²) >= 11 is 0. The van der Waals surface area contributed by atoms with Gasteiger partial charge in [-0.3, -0.25) is 0 Å². The van der Waals surface area contributed by atoms with Gasteiger partial charge in [-0.1, -0.05) is 170 Å². The molecule has 0 aliphatic heterocycles. The van der Waals surface area contributed by atoms with Gasteiger partial charge in [-0.2, -0.15) is 0 Å². The van der Waals surface area contributed by atoms with Crippen molar-refractivity contribution in [2.45, 2.75) is 0 Å². The molecule has 0 radical (unpaired) electrons. The Bertz CT molecular complexity index is 2910. The minimum atomic E-state index is 1.08. The van der Waals surface area contributed by atoms with E-state index in [4.69, 9.17) is 0 Å². The predicted molar refractivity (Wildman–Crippen MR) is 229 cm³/mol. The monoisotopic (exact) mass is 688 g/mol. The second-order valence-electron chi connectivity index (χ2n) is 13.7. The minimum Gasteiger partial charge on any atom is -0.310 e. The van der Waals surface area contributed by atoms with Crippen LogP contribution in [0.2, 0.25) is 0 Å². The fourth-order valence-corrected chi connectivity index (χ4v) is 8.13. The molecule has 0 atom stereocenters. The maximum atomic E-state index is 2.46. The van der Waals surface area contributed by atoms with Crippen molar-refractivity contribution in [3.05, 3.63) is 218 Å². The molecule has 10 aromatic rings. The average molecular weight is 689 g/mol. The summed E-state index contributed by atoms with van der Waals surface area (Å²) in [5.74, 6) is 0. The Labute approximate surface area is 315 Å². The standard InChI is InChI=1S/C52H36N2/c1-5-17-37(18-6-1)44-32-30-42(35-48(44)38-19-7-2-8-20-38)53(50-34-29-39-21-13-14-26-45(39)52(50)40-22-9-3-10-23-40)43-31-33-47-46-27-15-16-28-49(46)54(51(47)36-43)41-24-11-4-12-25-41/h1-36H. The number of anilines is 3. The van der Waals surface area contributed by atoms with E-state index in [-0.39, 0.29) is 0 Å². The van der Waals surface area contributed by atoms with Crippen LogP contribution in [0, 0.1) is 0 Å². The maximum Gasteiger partial charge on any atom is 0.0561 e. The molecule has 10 rings (SSSR count). The van der Waals surface area contributed by atoms with E-state index in [9.17, 15) is 0 Å². The second-order valence-corrected chi connectivity index (χ2v) is 13.7. The zero-order chi connectivity index (χ0) is 35.8. The molecule has 0 aliphatic rings. The summed E-state index contributed by atoms with van der Waals surface area (Å²) in [7, 11) is 0. The number of fused-ring (bicyclic) bond motifs is 4. The van der Waals surface area contributed by atoms with E-state index < -0.39 is 0 Å². The highest BCUT2D eigenvalue weighted by Gasteiger charge is 2.23. The van der Waals surface area contributed by atoms with E-state index in [1.165, 1.54) is 60.4 Å². The quantitative estimate of drug-likeness (QED) is 0.162. The molecular formula is C52H36N2. The van der Waals surface area contributed by atoms with Crippen LogP contribution in [0.4, 0.5) is 17.1 Å². The minimum absolute atomic E-state index is 1.08. The van der Waals surface area contributed by atoms with E-state index in [0.717, 1.165) is 28.3 Å². The lowest BCUT2D eigenvalue weighted by atomic mass is 9.92. The Kier molecular flexibility index (Phi) is 7.85. The molecule has 0 saturated carbocycles. The number of para-hydroxylation sites is 2. The van der Waals surface area contributed by atoms with Crippen molar-refractivity contribution < 1.29 is 0 Å². The molecular weight excluding hydrogens is 653 g/mol. The molecule has 254 valence electrons. The SMILES string of the molecule is c1ccc(-c2ccc(N(c3ccc4c5ccccc5n(-c5ccccc5)c4c3)c3ccc4ccccc4c3-c3ccccc3)cc2-c2ccccc2)cc1. The van der Waals surface area contributed by atoms with Crippen molar-refractivity contribution in [3.63, 3.8) is 0 Å². The fraction of sp³-hybridized carbons (Fsp3) is 0. The van der Waals surface area contributed by atoms with Crippen LogP contribution in [0.5, 0.6) is 0 Å². The Morgan fingerprint density at radius 2 is 0.870 bits per heavy atom. The molecule has 0 saturated heterocycles. The summed E-state index contributed by atoms with van der Waals surface area (Å²) < 4.78 is 2.40. The van der Waals surface area contributed by atoms with Gasteiger partial charge in [-0.05, 0) is 87.1 Å². The van der Waals surface area contributed by atoms with Gasteiger partial charge in [0.1, 0.15) is 0 Å². The summed E-state index contributed by atoms with van der Waals surface area (Å²) in [4.78, 5) is 2.46. The molecule has 0 bridgehead atoms. The smallest absolute Gasteiger partial charge is 0.0561 e. The summed E-state index contributed by atoms with van der Waals surface area (Å²) in [5, 5.41) is 4.90. The normalized spacial score (nSPS) is 11.3. The largest absolute Gasteiger partial charge is 0.310 e. The molecule has 1 heterocycles. The molecule has 1 aromatic heterocycles. The summed E-state index contributed by atoms with van der Waals surface area (Å²) in [6.07, 6.45) is 0. The first-order valence-corrected chi connectivity index (χ1v) is 18.5. The first-order chi connectivity index (χ1) is 26.8. The number of rotatable bonds is 7. The summed E-state index contributed by atoms with van der Waals surface area (Å²) in [5.41, 5.74) is 13.9. The van der Waals surface area contributed by atoms with Crippen LogP contribution in [0.3, 0.4) is 0 Å². The highest BCUT2D eigenvalue weighted by Crippen LogP contribution is 2.47. The zero-order valence-corrected chi connectivity index (χ0v) is 29.7. The second kappa shape index (κ2) is 13.4. The summed E-state index contributed by atoms with van der Waals surface area (Å²) in [6.45, 7) is 0. The van der Waals surface area contributed by atoms with Crippen molar-refractivity contribution >= 4 is 49.6 Å². The molecule has 54 heavy (non-hydrogen) atoms. The van der Waals surface area contributed by atoms with E-state index in [1.807, 2.05) is 0 Å². The van der Waals surface area contributed by atoms with Crippen LogP contribution < -0.4 is 4.90 Å². The molecule has 9 aromatic carbocycles. The molecule has 0 unspecified atom stereocenters.